The molecule has 1 aromatic heterocycles. The fourth-order valence-electron chi connectivity index (χ4n) is 2.10. The number of nitrogen functional groups attached to an aromatic ring is 1. The molecule has 21 heavy (non-hydrogen) atoms. The number of rotatable bonds is 5. The van der Waals surface area contributed by atoms with Gasteiger partial charge in [-0.05, 0) is 18.1 Å². The molecule has 0 saturated carbocycles. The molecule has 0 fully saturated rings. The van der Waals surface area contributed by atoms with Crippen molar-refractivity contribution in [1.82, 2.24) is 9.97 Å². The Morgan fingerprint density at radius 1 is 1.24 bits per heavy atom. The monoisotopic (exact) mass is 285 g/mol. The first kappa shape index (κ1) is 15.3. The van der Waals surface area contributed by atoms with Crippen LogP contribution >= 0.6 is 0 Å². The van der Waals surface area contributed by atoms with E-state index in [2.05, 4.69) is 65.3 Å². The van der Waals surface area contributed by atoms with Crippen molar-refractivity contribution < 1.29 is 0 Å². The van der Waals surface area contributed by atoms with Gasteiger partial charge in [0.15, 0.2) is 0 Å². The largest absolute Gasteiger partial charge is 0.355 e. The minimum atomic E-state index is 0.254. The quantitative estimate of drug-likeness (QED) is 0.653. The second kappa shape index (κ2) is 6.54. The number of aryl methyl sites for hydroxylation is 1. The first-order valence-corrected chi connectivity index (χ1v) is 7.12. The van der Waals surface area contributed by atoms with Gasteiger partial charge in [-0.15, -0.1) is 0 Å². The van der Waals surface area contributed by atoms with Crippen LogP contribution in [0.1, 0.15) is 36.7 Å². The SMILES string of the molecule is Cc1ccccc1CN(C)c1cc(NN)nc(C(C)C)n1. The van der Waals surface area contributed by atoms with E-state index in [-0.39, 0.29) is 5.92 Å². The van der Waals surface area contributed by atoms with Crippen LogP contribution in [-0.4, -0.2) is 17.0 Å². The second-order valence-electron chi connectivity index (χ2n) is 5.55. The van der Waals surface area contributed by atoms with Crippen molar-refractivity contribution in [3.05, 3.63) is 47.3 Å². The van der Waals surface area contributed by atoms with Crippen LogP contribution in [0.2, 0.25) is 0 Å². The van der Waals surface area contributed by atoms with E-state index in [1.54, 1.807) is 0 Å². The predicted molar refractivity (Wildman–Crippen MR) is 87.2 cm³/mol. The third-order valence-electron chi connectivity index (χ3n) is 3.45. The molecule has 0 atom stereocenters. The van der Waals surface area contributed by atoms with Gasteiger partial charge in [0.05, 0.1) is 0 Å². The Labute approximate surface area is 126 Å². The Hall–Kier alpha value is -2.14. The average molecular weight is 285 g/mol. The second-order valence-corrected chi connectivity index (χ2v) is 5.55. The van der Waals surface area contributed by atoms with Crippen LogP contribution < -0.4 is 16.2 Å². The van der Waals surface area contributed by atoms with Gasteiger partial charge >= 0.3 is 0 Å². The van der Waals surface area contributed by atoms with Gasteiger partial charge in [0, 0.05) is 25.6 Å². The Morgan fingerprint density at radius 3 is 2.57 bits per heavy atom. The highest BCUT2D eigenvalue weighted by Crippen LogP contribution is 2.21. The van der Waals surface area contributed by atoms with E-state index < -0.39 is 0 Å². The first-order valence-electron chi connectivity index (χ1n) is 7.12. The van der Waals surface area contributed by atoms with Crippen LogP contribution in [0.4, 0.5) is 11.6 Å². The number of nitrogens with one attached hydrogen (secondary N) is 1. The summed E-state index contributed by atoms with van der Waals surface area (Å²) in [6.45, 7) is 7.06. The molecule has 1 heterocycles. The van der Waals surface area contributed by atoms with Crippen LogP contribution in [-0.2, 0) is 6.54 Å². The minimum Gasteiger partial charge on any atom is -0.355 e. The van der Waals surface area contributed by atoms with Crippen LogP contribution in [0.5, 0.6) is 0 Å². The van der Waals surface area contributed by atoms with Crippen LogP contribution in [0.25, 0.3) is 0 Å². The number of anilines is 2. The van der Waals surface area contributed by atoms with E-state index in [1.165, 1.54) is 11.1 Å². The smallest absolute Gasteiger partial charge is 0.145 e. The zero-order valence-corrected chi connectivity index (χ0v) is 13.1. The lowest BCUT2D eigenvalue weighted by Gasteiger charge is -2.21. The van der Waals surface area contributed by atoms with Gasteiger partial charge in [-0.25, -0.2) is 15.8 Å². The number of hydrogen-bond donors (Lipinski definition) is 2. The fourth-order valence-corrected chi connectivity index (χ4v) is 2.10. The zero-order valence-electron chi connectivity index (χ0n) is 13.1. The molecule has 0 aliphatic carbocycles. The van der Waals surface area contributed by atoms with Crippen molar-refractivity contribution in [3.8, 4) is 0 Å². The summed E-state index contributed by atoms with van der Waals surface area (Å²) in [7, 11) is 2.03. The highest BCUT2D eigenvalue weighted by molar-refractivity contribution is 5.49. The molecule has 2 aromatic rings. The molecule has 5 heteroatoms. The van der Waals surface area contributed by atoms with Crippen LogP contribution in [0.3, 0.4) is 0 Å². The summed E-state index contributed by atoms with van der Waals surface area (Å²) in [6.07, 6.45) is 0. The lowest BCUT2D eigenvalue weighted by molar-refractivity contribution is 0.763. The molecule has 112 valence electrons. The van der Waals surface area contributed by atoms with Gasteiger partial charge in [0.1, 0.15) is 17.5 Å². The van der Waals surface area contributed by atoms with Crippen molar-refractivity contribution >= 4 is 11.6 Å². The third-order valence-corrected chi connectivity index (χ3v) is 3.45. The zero-order chi connectivity index (χ0) is 15.4. The number of nitrogens with two attached hydrogens (primary N) is 1. The number of nitrogens with zero attached hydrogens (tertiary/aromatic N) is 3. The van der Waals surface area contributed by atoms with Gasteiger partial charge in [-0.3, -0.25) is 0 Å². The molecule has 0 bridgehead atoms. The normalized spacial score (nSPS) is 10.8. The number of aromatic nitrogens is 2. The Morgan fingerprint density at radius 2 is 1.95 bits per heavy atom. The highest BCUT2D eigenvalue weighted by Gasteiger charge is 2.11. The Balaban J connectivity index is 2.28. The summed E-state index contributed by atoms with van der Waals surface area (Å²) in [5.41, 5.74) is 5.18. The van der Waals surface area contributed by atoms with E-state index in [4.69, 9.17) is 5.84 Å². The molecular weight excluding hydrogens is 262 g/mol. The molecule has 0 unspecified atom stereocenters. The van der Waals surface area contributed by atoms with Crippen molar-refractivity contribution in [2.45, 2.75) is 33.2 Å². The molecule has 3 N–H and O–H groups in total. The standard InChI is InChI=1S/C16H23N5/c1-11(2)16-18-14(20-17)9-15(19-16)21(4)10-13-8-6-5-7-12(13)3/h5-9,11H,10,17H2,1-4H3,(H,18,19,20). The number of benzene rings is 1. The molecule has 5 nitrogen and oxygen atoms in total. The summed E-state index contributed by atoms with van der Waals surface area (Å²) in [4.78, 5) is 11.1. The molecule has 2 rings (SSSR count). The van der Waals surface area contributed by atoms with Crippen LogP contribution in [0.15, 0.2) is 30.3 Å². The molecule has 0 aliphatic heterocycles. The molecule has 0 aliphatic rings. The van der Waals surface area contributed by atoms with Crippen molar-refractivity contribution in [2.75, 3.05) is 17.4 Å². The lowest BCUT2D eigenvalue weighted by atomic mass is 10.1. The molecular formula is C16H23N5. The minimum absolute atomic E-state index is 0.254. The number of hydrogen-bond acceptors (Lipinski definition) is 5. The highest BCUT2D eigenvalue weighted by atomic mass is 15.3. The maximum atomic E-state index is 5.51. The molecule has 0 saturated heterocycles. The van der Waals surface area contributed by atoms with E-state index in [0.717, 1.165) is 18.2 Å². The average Bonchev–Trinajstić information content (AvgIpc) is 2.49. The van der Waals surface area contributed by atoms with Gasteiger partial charge in [0.25, 0.3) is 0 Å². The summed E-state index contributed by atoms with van der Waals surface area (Å²) in [5, 5.41) is 0. The van der Waals surface area contributed by atoms with Gasteiger partial charge < -0.3 is 10.3 Å². The van der Waals surface area contributed by atoms with E-state index in [0.29, 0.717) is 5.82 Å². The summed E-state index contributed by atoms with van der Waals surface area (Å²) >= 11 is 0. The van der Waals surface area contributed by atoms with Gasteiger partial charge in [-0.1, -0.05) is 38.1 Å². The van der Waals surface area contributed by atoms with E-state index in [9.17, 15) is 0 Å². The van der Waals surface area contributed by atoms with Crippen LogP contribution in [0, 0.1) is 6.92 Å². The molecule has 0 spiro atoms. The maximum Gasteiger partial charge on any atom is 0.145 e. The Bertz CT molecular complexity index is 609. The predicted octanol–water partition coefficient (Wildman–Crippen LogP) is 2.83. The summed E-state index contributed by atoms with van der Waals surface area (Å²) < 4.78 is 0. The molecule has 1 aromatic carbocycles. The first-order chi connectivity index (χ1) is 10.0. The molecule has 0 radical (unpaired) electrons. The Kier molecular flexibility index (Phi) is 4.75. The van der Waals surface area contributed by atoms with Crippen molar-refractivity contribution in [2.24, 2.45) is 5.84 Å². The topological polar surface area (TPSA) is 67.1 Å². The van der Waals surface area contributed by atoms with Crippen molar-refractivity contribution in [3.63, 3.8) is 0 Å². The third kappa shape index (κ3) is 3.70. The van der Waals surface area contributed by atoms with Gasteiger partial charge in [0.2, 0.25) is 0 Å². The summed E-state index contributed by atoms with van der Waals surface area (Å²) in [5.74, 6) is 8.05. The lowest BCUT2D eigenvalue weighted by Crippen LogP contribution is -2.20. The van der Waals surface area contributed by atoms with E-state index in [1.807, 2.05) is 13.1 Å². The van der Waals surface area contributed by atoms with Crippen molar-refractivity contribution in [1.29, 1.82) is 0 Å². The van der Waals surface area contributed by atoms with E-state index >= 15 is 0 Å². The summed E-state index contributed by atoms with van der Waals surface area (Å²) in [6, 6.07) is 10.2. The van der Waals surface area contributed by atoms with Gasteiger partial charge in [-0.2, -0.15) is 0 Å². The fraction of sp³-hybridized carbons (Fsp3) is 0.375. The number of hydrazine groups is 1. The maximum absolute atomic E-state index is 5.51. The molecule has 0 amide bonds.